The zero-order chi connectivity index (χ0) is 43.3. The molecule has 2 atom stereocenters. The van der Waals surface area contributed by atoms with Gasteiger partial charge in [0.2, 0.25) is 11.5 Å². The summed E-state index contributed by atoms with van der Waals surface area (Å²) in [5.41, 5.74) is 3.72. The zero-order valence-corrected chi connectivity index (χ0v) is 36.0. The molecule has 2 unspecified atom stereocenters. The largest absolute Gasteiger partial charge is 0.496 e. The summed E-state index contributed by atoms with van der Waals surface area (Å²) in [6.45, 7) is 14.6. The number of hydrogen-bond acceptors (Lipinski definition) is 12. The molecule has 0 heterocycles. The number of fused-ring (bicyclic) bond motifs is 3. The van der Waals surface area contributed by atoms with Crippen LogP contribution in [-0.2, 0) is 24.5 Å². The van der Waals surface area contributed by atoms with E-state index in [4.69, 9.17) is 47.4 Å². The Hall–Kier alpha value is -5.98. The van der Waals surface area contributed by atoms with Gasteiger partial charge < -0.3 is 47.4 Å². The fourth-order valence-electron chi connectivity index (χ4n) is 8.25. The van der Waals surface area contributed by atoms with Gasteiger partial charge in [-0.05, 0) is 48.9 Å². The van der Waals surface area contributed by atoms with E-state index in [9.17, 15) is 9.59 Å². The molecule has 0 aliphatic heterocycles. The Morgan fingerprint density at radius 1 is 0.508 bits per heavy atom. The van der Waals surface area contributed by atoms with E-state index in [0.717, 1.165) is 22.3 Å². The highest BCUT2D eigenvalue weighted by Crippen LogP contribution is 2.69. The maximum Gasteiger partial charge on any atom is 0.338 e. The molecular formula is C47H54O12. The number of methoxy groups -OCH3 is 8. The first-order chi connectivity index (χ1) is 28.4. The molecule has 1 aliphatic carbocycles. The topological polar surface area (TPSA) is 126 Å². The second-order valence-electron chi connectivity index (χ2n) is 13.9. The van der Waals surface area contributed by atoms with E-state index in [-0.39, 0.29) is 57.1 Å². The van der Waals surface area contributed by atoms with E-state index in [1.165, 1.54) is 42.7 Å². The molecule has 4 aromatic carbocycles. The molecule has 0 amide bonds. The van der Waals surface area contributed by atoms with E-state index in [1.54, 1.807) is 28.1 Å². The van der Waals surface area contributed by atoms with Crippen LogP contribution in [0.1, 0.15) is 86.1 Å². The molecule has 0 saturated carbocycles. The third kappa shape index (κ3) is 7.03. The summed E-state index contributed by atoms with van der Waals surface area (Å²) in [5, 5.41) is 0. The molecule has 0 bridgehead atoms. The average Bonchev–Trinajstić information content (AvgIpc) is 3.54. The van der Waals surface area contributed by atoms with Crippen LogP contribution in [0.5, 0.6) is 46.0 Å². The van der Waals surface area contributed by atoms with Gasteiger partial charge in [-0.15, -0.1) is 0 Å². The third-order valence-electron chi connectivity index (χ3n) is 10.7. The Labute approximate surface area is 346 Å². The van der Waals surface area contributed by atoms with Crippen LogP contribution in [0, 0.1) is 0 Å². The Morgan fingerprint density at radius 3 is 1.10 bits per heavy atom. The minimum Gasteiger partial charge on any atom is -0.496 e. The summed E-state index contributed by atoms with van der Waals surface area (Å²) in [7, 11) is 12.1. The first-order valence-electron chi connectivity index (χ1n) is 19.1. The summed E-state index contributed by atoms with van der Waals surface area (Å²) >= 11 is 0. The summed E-state index contributed by atoms with van der Waals surface area (Å²) in [6.07, 6.45) is -0.537. The van der Waals surface area contributed by atoms with Gasteiger partial charge >= 0.3 is 11.9 Å². The molecule has 5 rings (SSSR count). The molecular weight excluding hydrogens is 757 g/mol. The van der Waals surface area contributed by atoms with Crippen molar-refractivity contribution in [2.45, 2.75) is 58.2 Å². The number of carbonyl (C=O) groups excluding carboxylic acids is 2. The van der Waals surface area contributed by atoms with Gasteiger partial charge in [0.25, 0.3) is 0 Å². The Kier molecular flexibility index (Phi) is 13.7. The number of esters is 2. The summed E-state index contributed by atoms with van der Waals surface area (Å²) < 4.78 is 62.9. The zero-order valence-electron chi connectivity index (χ0n) is 36.0. The van der Waals surface area contributed by atoms with E-state index in [1.807, 2.05) is 62.4 Å². The van der Waals surface area contributed by atoms with Crippen LogP contribution in [0.4, 0.5) is 0 Å². The Bertz CT molecular complexity index is 2100. The Balaban J connectivity index is 2.26. The number of benzene rings is 4. The highest BCUT2D eigenvalue weighted by molar-refractivity contribution is 5.95. The molecule has 0 radical (unpaired) electrons. The van der Waals surface area contributed by atoms with Crippen LogP contribution in [0.2, 0.25) is 0 Å². The quantitative estimate of drug-likeness (QED) is 0.0476. The van der Waals surface area contributed by atoms with Gasteiger partial charge in [-0.25, -0.2) is 9.59 Å². The lowest BCUT2D eigenvalue weighted by Gasteiger charge is -2.40. The molecule has 314 valence electrons. The molecule has 1 aliphatic rings. The van der Waals surface area contributed by atoms with Crippen molar-refractivity contribution in [1.29, 1.82) is 0 Å². The Morgan fingerprint density at radius 2 is 0.831 bits per heavy atom. The lowest BCUT2D eigenvalue weighted by atomic mass is 9.65. The van der Waals surface area contributed by atoms with Crippen LogP contribution in [-0.4, -0.2) is 68.8 Å². The molecule has 4 aromatic rings. The van der Waals surface area contributed by atoms with E-state index >= 15 is 0 Å². The van der Waals surface area contributed by atoms with Crippen LogP contribution in [0.25, 0.3) is 11.1 Å². The molecule has 12 nitrogen and oxygen atoms in total. The minimum atomic E-state index is -1.50. The molecule has 0 saturated heterocycles. The predicted molar refractivity (Wildman–Crippen MR) is 224 cm³/mol. The lowest BCUT2D eigenvalue weighted by molar-refractivity contribution is -0.131. The number of hydrogen-bond donors (Lipinski definition) is 0. The van der Waals surface area contributed by atoms with Crippen molar-refractivity contribution in [3.05, 3.63) is 106 Å². The molecule has 12 heteroatoms. The van der Waals surface area contributed by atoms with E-state index in [0.29, 0.717) is 35.1 Å². The van der Waals surface area contributed by atoms with E-state index < -0.39 is 29.6 Å². The summed E-state index contributed by atoms with van der Waals surface area (Å²) in [4.78, 5) is 26.9. The van der Waals surface area contributed by atoms with Crippen LogP contribution in [0.15, 0.2) is 72.8 Å². The van der Waals surface area contributed by atoms with Gasteiger partial charge in [-0.3, -0.25) is 0 Å². The van der Waals surface area contributed by atoms with Crippen LogP contribution in [0.3, 0.4) is 0 Å². The minimum absolute atomic E-state index is 0.0334. The maximum absolute atomic E-state index is 13.4. The van der Waals surface area contributed by atoms with Gasteiger partial charge in [0.15, 0.2) is 23.0 Å². The van der Waals surface area contributed by atoms with Crippen molar-refractivity contribution < 1.29 is 57.0 Å². The smallest absolute Gasteiger partial charge is 0.338 e. The summed E-state index contributed by atoms with van der Waals surface area (Å²) in [5.74, 6) is -0.301. The van der Waals surface area contributed by atoms with Crippen molar-refractivity contribution in [1.82, 2.24) is 0 Å². The lowest BCUT2D eigenvalue weighted by Crippen LogP contribution is -2.33. The predicted octanol–water partition coefficient (Wildman–Crippen LogP) is 9.26. The fraction of sp³-hybridized carbons (Fsp3) is 0.362. The first kappa shape index (κ1) is 44.1. The second kappa shape index (κ2) is 18.3. The standard InChI is InChI=1S/C47H54O12/c1-15-31(50-7)33-37(52-9)35(41(54-11)43(56-13)39(33)58-45(48)25(3)4)47(29-23-19-17-21-27(29)28-22-18-20-24-30(28)47)36-38(53-10)34(32(16-2)51-8)40(59-46(49)26(5)6)44(57-14)42(36)55-12/h17-24,31-32H,3,5,15-16H2,1-2,4,6-14H3. The van der Waals surface area contributed by atoms with Crippen molar-refractivity contribution in [3.8, 4) is 57.1 Å². The molecule has 0 fully saturated rings. The number of carbonyl (C=O) groups is 2. The van der Waals surface area contributed by atoms with Gasteiger partial charge in [-0.1, -0.05) is 75.5 Å². The van der Waals surface area contributed by atoms with Crippen molar-refractivity contribution in [2.24, 2.45) is 0 Å². The normalized spacial score (nSPS) is 13.3. The van der Waals surface area contributed by atoms with Crippen molar-refractivity contribution >= 4 is 11.9 Å². The monoisotopic (exact) mass is 810 g/mol. The molecule has 0 spiro atoms. The van der Waals surface area contributed by atoms with Gasteiger partial charge in [0.1, 0.15) is 11.5 Å². The maximum atomic E-state index is 13.4. The number of ether oxygens (including phenoxy) is 10. The van der Waals surface area contributed by atoms with Gasteiger partial charge in [0, 0.05) is 25.4 Å². The third-order valence-corrected chi connectivity index (χ3v) is 10.7. The summed E-state index contributed by atoms with van der Waals surface area (Å²) in [6, 6.07) is 15.9. The molecule has 0 aromatic heterocycles. The molecule has 59 heavy (non-hydrogen) atoms. The molecule has 0 N–H and O–H groups in total. The van der Waals surface area contributed by atoms with Crippen molar-refractivity contribution in [3.63, 3.8) is 0 Å². The van der Waals surface area contributed by atoms with E-state index in [2.05, 4.69) is 13.2 Å². The highest BCUT2D eigenvalue weighted by atomic mass is 16.6. The van der Waals surface area contributed by atoms with Gasteiger partial charge in [-0.2, -0.15) is 0 Å². The van der Waals surface area contributed by atoms with Gasteiger partial charge in [0.05, 0.1) is 82.5 Å². The van der Waals surface area contributed by atoms with Crippen LogP contribution < -0.4 is 37.9 Å². The fourth-order valence-corrected chi connectivity index (χ4v) is 8.25. The average molecular weight is 811 g/mol. The highest BCUT2D eigenvalue weighted by Gasteiger charge is 2.56. The first-order valence-corrected chi connectivity index (χ1v) is 19.1. The van der Waals surface area contributed by atoms with Crippen molar-refractivity contribution in [2.75, 3.05) is 56.9 Å². The number of rotatable bonds is 18. The second-order valence-corrected chi connectivity index (χ2v) is 13.9. The SMILES string of the molecule is C=C(C)C(=O)Oc1c(OC)c(OC)c(C2(c3c(OC)c(OC)c(OC(=O)C(=C)C)c(C(CC)OC)c3OC)c3ccccc3-c3ccccc32)c(OC)c1C(CC)OC. The van der Waals surface area contributed by atoms with Crippen LogP contribution >= 0.6 is 0 Å².